The lowest BCUT2D eigenvalue weighted by Crippen LogP contribution is -2.34. The minimum atomic E-state index is -0.161. The molecule has 5 nitrogen and oxygen atoms in total. The number of rotatable bonds is 7. The van der Waals surface area contributed by atoms with Gasteiger partial charge in [-0.05, 0) is 42.9 Å². The van der Waals surface area contributed by atoms with Gasteiger partial charge in [0, 0.05) is 43.2 Å². The topological polar surface area (TPSA) is 61.4 Å². The van der Waals surface area contributed by atoms with Crippen LogP contribution in [0.15, 0.2) is 18.2 Å². The summed E-state index contributed by atoms with van der Waals surface area (Å²) in [6.07, 6.45) is 6.57. The molecule has 0 radical (unpaired) electrons. The largest absolute Gasteiger partial charge is 0.347 e. The van der Waals surface area contributed by atoms with Gasteiger partial charge in [0.15, 0.2) is 0 Å². The SMILES string of the molecule is Cc1c(CN2CCSCC2)cccc1NC(=O)CNC(=O)CC1CCCCC1. The Labute approximate surface area is 173 Å². The summed E-state index contributed by atoms with van der Waals surface area (Å²) in [5.41, 5.74) is 3.21. The Kier molecular flexibility index (Phi) is 8.22. The maximum absolute atomic E-state index is 12.3. The number of carbonyl (C=O) groups is 2. The highest BCUT2D eigenvalue weighted by atomic mass is 32.2. The van der Waals surface area contributed by atoms with Crippen molar-refractivity contribution in [2.24, 2.45) is 5.92 Å². The number of hydrogen-bond donors (Lipinski definition) is 2. The van der Waals surface area contributed by atoms with Gasteiger partial charge in [0.05, 0.1) is 6.54 Å². The van der Waals surface area contributed by atoms with E-state index < -0.39 is 0 Å². The van der Waals surface area contributed by atoms with Gasteiger partial charge in [0.1, 0.15) is 0 Å². The maximum atomic E-state index is 12.3. The Bertz CT molecular complexity index is 668. The van der Waals surface area contributed by atoms with E-state index in [1.807, 2.05) is 23.9 Å². The second-order valence-electron chi connectivity index (χ2n) is 8.01. The Morgan fingerprint density at radius 1 is 1.11 bits per heavy atom. The molecule has 2 N–H and O–H groups in total. The van der Waals surface area contributed by atoms with Crippen molar-refractivity contribution in [1.29, 1.82) is 0 Å². The summed E-state index contributed by atoms with van der Waals surface area (Å²) in [7, 11) is 0. The summed E-state index contributed by atoms with van der Waals surface area (Å²) in [5.74, 6) is 2.71. The van der Waals surface area contributed by atoms with Crippen LogP contribution in [0.3, 0.4) is 0 Å². The normalized spacial score (nSPS) is 18.6. The number of hydrogen-bond acceptors (Lipinski definition) is 4. The first-order valence-electron chi connectivity index (χ1n) is 10.6. The van der Waals surface area contributed by atoms with Gasteiger partial charge in [-0.2, -0.15) is 11.8 Å². The standard InChI is InChI=1S/C22H33N3O2S/c1-17-19(16-25-10-12-28-13-11-25)8-5-9-20(17)24-22(27)15-23-21(26)14-18-6-3-2-4-7-18/h5,8-9,18H,2-4,6-7,10-16H2,1H3,(H,23,26)(H,24,27). The van der Waals surface area contributed by atoms with Crippen LogP contribution in [0.2, 0.25) is 0 Å². The highest BCUT2D eigenvalue weighted by Crippen LogP contribution is 2.26. The third-order valence-corrected chi connectivity index (χ3v) is 6.81. The first kappa shape index (κ1) is 21.2. The van der Waals surface area contributed by atoms with E-state index in [9.17, 15) is 9.59 Å². The van der Waals surface area contributed by atoms with Crippen LogP contribution in [0.5, 0.6) is 0 Å². The molecule has 0 aromatic heterocycles. The van der Waals surface area contributed by atoms with Crippen molar-refractivity contribution in [3.05, 3.63) is 29.3 Å². The number of amides is 2. The predicted octanol–water partition coefficient (Wildman–Crippen LogP) is 3.57. The zero-order chi connectivity index (χ0) is 19.8. The average molecular weight is 404 g/mol. The van der Waals surface area contributed by atoms with Crippen LogP contribution < -0.4 is 10.6 Å². The molecule has 1 saturated carbocycles. The van der Waals surface area contributed by atoms with E-state index in [1.165, 1.54) is 36.3 Å². The van der Waals surface area contributed by atoms with Gasteiger partial charge in [0.25, 0.3) is 0 Å². The molecule has 1 aromatic carbocycles. The van der Waals surface area contributed by atoms with Crippen molar-refractivity contribution < 1.29 is 9.59 Å². The Morgan fingerprint density at radius 3 is 2.61 bits per heavy atom. The molecular formula is C22H33N3O2S. The fourth-order valence-electron chi connectivity index (χ4n) is 4.09. The lowest BCUT2D eigenvalue weighted by molar-refractivity contribution is -0.125. The number of nitrogens with zero attached hydrogens (tertiary/aromatic N) is 1. The van der Waals surface area contributed by atoms with E-state index in [1.54, 1.807) is 0 Å². The van der Waals surface area contributed by atoms with E-state index in [4.69, 9.17) is 0 Å². The van der Waals surface area contributed by atoms with Gasteiger partial charge in [-0.3, -0.25) is 14.5 Å². The van der Waals surface area contributed by atoms with Crippen molar-refractivity contribution >= 4 is 29.3 Å². The van der Waals surface area contributed by atoms with Gasteiger partial charge < -0.3 is 10.6 Å². The van der Waals surface area contributed by atoms with Crippen molar-refractivity contribution in [3.8, 4) is 0 Å². The number of anilines is 1. The number of nitrogens with one attached hydrogen (secondary N) is 2. The van der Waals surface area contributed by atoms with E-state index in [0.29, 0.717) is 12.3 Å². The molecule has 3 rings (SSSR count). The summed E-state index contributed by atoms with van der Waals surface area (Å²) >= 11 is 2.01. The number of carbonyl (C=O) groups excluding carboxylic acids is 2. The van der Waals surface area contributed by atoms with Crippen molar-refractivity contribution in [2.75, 3.05) is 36.5 Å². The Balaban J connectivity index is 1.46. The lowest BCUT2D eigenvalue weighted by atomic mass is 9.87. The van der Waals surface area contributed by atoms with Crippen LogP contribution in [-0.4, -0.2) is 47.9 Å². The summed E-state index contributed by atoms with van der Waals surface area (Å²) in [5, 5.41) is 5.76. The van der Waals surface area contributed by atoms with E-state index >= 15 is 0 Å². The third-order valence-electron chi connectivity index (χ3n) is 5.86. The molecule has 2 amide bonds. The van der Waals surface area contributed by atoms with Crippen LogP contribution in [0.4, 0.5) is 5.69 Å². The Morgan fingerprint density at radius 2 is 1.86 bits per heavy atom. The number of benzene rings is 1. The minimum absolute atomic E-state index is 0.00418. The van der Waals surface area contributed by atoms with E-state index in [2.05, 4.69) is 28.5 Å². The first-order valence-corrected chi connectivity index (χ1v) is 11.7. The molecule has 28 heavy (non-hydrogen) atoms. The maximum Gasteiger partial charge on any atom is 0.243 e. The summed E-state index contributed by atoms with van der Waals surface area (Å²) in [6, 6.07) is 6.07. The lowest BCUT2D eigenvalue weighted by Gasteiger charge is -2.27. The van der Waals surface area contributed by atoms with Crippen LogP contribution >= 0.6 is 11.8 Å². The molecule has 154 valence electrons. The molecule has 0 unspecified atom stereocenters. The first-order chi connectivity index (χ1) is 13.6. The summed E-state index contributed by atoms with van der Waals surface area (Å²) < 4.78 is 0. The number of thioether (sulfide) groups is 1. The van der Waals surface area contributed by atoms with Crippen molar-refractivity contribution in [1.82, 2.24) is 10.2 Å². The van der Waals surface area contributed by atoms with Gasteiger partial charge in [-0.15, -0.1) is 0 Å². The molecule has 0 spiro atoms. The molecule has 1 aliphatic carbocycles. The summed E-state index contributed by atoms with van der Waals surface area (Å²) in [6.45, 7) is 5.26. The predicted molar refractivity (Wildman–Crippen MR) is 117 cm³/mol. The molecule has 0 bridgehead atoms. The zero-order valence-corrected chi connectivity index (χ0v) is 17.8. The average Bonchev–Trinajstić information content (AvgIpc) is 2.71. The molecule has 1 aromatic rings. The van der Waals surface area contributed by atoms with Gasteiger partial charge in [-0.1, -0.05) is 31.4 Å². The highest BCUT2D eigenvalue weighted by molar-refractivity contribution is 7.99. The van der Waals surface area contributed by atoms with Crippen molar-refractivity contribution in [2.45, 2.75) is 52.0 Å². The van der Waals surface area contributed by atoms with Crippen LogP contribution in [-0.2, 0) is 16.1 Å². The second kappa shape index (κ2) is 10.9. The highest BCUT2D eigenvalue weighted by Gasteiger charge is 2.18. The van der Waals surface area contributed by atoms with Gasteiger partial charge in [0.2, 0.25) is 11.8 Å². The second-order valence-corrected chi connectivity index (χ2v) is 9.24. The summed E-state index contributed by atoms with van der Waals surface area (Å²) in [4.78, 5) is 26.9. The monoisotopic (exact) mass is 403 g/mol. The molecule has 2 fully saturated rings. The van der Waals surface area contributed by atoms with Gasteiger partial charge >= 0.3 is 0 Å². The van der Waals surface area contributed by atoms with Crippen LogP contribution in [0.25, 0.3) is 0 Å². The fourth-order valence-corrected chi connectivity index (χ4v) is 5.07. The molecule has 2 aliphatic rings. The molecule has 0 atom stereocenters. The molecule has 1 aliphatic heterocycles. The molecular weight excluding hydrogens is 370 g/mol. The van der Waals surface area contributed by atoms with Crippen LogP contribution in [0, 0.1) is 12.8 Å². The van der Waals surface area contributed by atoms with E-state index in [0.717, 1.165) is 43.7 Å². The van der Waals surface area contributed by atoms with E-state index in [-0.39, 0.29) is 18.4 Å². The molecule has 1 heterocycles. The van der Waals surface area contributed by atoms with Gasteiger partial charge in [-0.25, -0.2) is 0 Å². The molecule has 1 saturated heterocycles. The fraction of sp³-hybridized carbons (Fsp3) is 0.636. The molecule has 6 heteroatoms. The minimum Gasteiger partial charge on any atom is -0.347 e. The quantitative estimate of drug-likeness (QED) is 0.731. The zero-order valence-electron chi connectivity index (χ0n) is 17.0. The third kappa shape index (κ3) is 6.52. The van der Waals surface area contributed by atoms with Crippen molar-refractivity contribution in [3.63, 3.8) is 0 Å². The smallest absolute Gasteiger partial charge is 0.243 e. The Hall–Kier alpha value is -1.53. The van der Waals surface area contributed by atoms with Crippen LogP contribution in [0.1, 0.15) is 49.7 Å².